The summed E-state index contributed by atoms with van der Waals surface area (Å²) in [5.41, 5.74) is 2.54. The van der Waals surface area contributed by atoms with Gasteiger partial charge in [-0.15, -0.1) is 0 Å². The lowest BCUT2D eigenvalue weighted by Crippen LogP contribution is -2.47. The first-order valence-corrected chi connectivity index (χ1v) is 11.5. The van der Waals surface area contributed by atoms with Crippen molar-refractivity contribution in [1.82, 2.24) is 20.0 Å². The van der Waals surface area contributed by atoms with Crippen molar-refractivity contribution in [3.8, 4) is 0 Å². The van der Waals surface area contributed by atoms with Crippen molar-refractivity contribution in [3.63, 3.8) is 0 Å². The molecule has 2 fully saturated rings. The molecule has 1 N–H and O–H groups in total. The van der Waals surface area contributed by atoms with Gasteiger partial charge in [0.1, 0.15) is 0 Å². The van der Waals surface area contributed by atoms with Crippen molar-refractivity contribution >= 4 is 5.96 Å². The number of hydrogen-bond acceptors (Lipinski definition) is 4. The van der Waals surface area contributed by atoms with E-state index in [1.807, 2.05) is 30.2 Å². The Hall–Kier alpha value is -2.38. The van der Waals surface area contributed by atoms with Gasteiger partial charge in [-0.05, 0) is 49.3 Å². The number of piperidine rings is 1. The molecule has 168 valence electrons. The minimum absolute atomic E-state index is 0.294. The van der Waals surface area contributed by atoms with Crippen molar-refractivity contribution in [1.29, 1.82) is 0 Å². The zero-order valence-corrected chi connectivity index (χ0v) is 18.6. The SMILES string of the molecule is CN=C(NCc1ccccc1Cn1cccn1)N1CCC(OCC2CCCCO2)CC1. The number of ether oxygens (including phenoxy) is 2. The van der Waals surface area contributed by atoms with Crippen LogP contribution < -0.4 is 5.32 Å². The smallest absolute Gasteiger partial charge is 0.193 e. The molecule has 0 bridgehead atoms. The highest BCUT2D eigenvalue weighted by Crippen LogP contribution is 2.18. The zero-order valence-electron chi connectivity index (χ0n) is 18.6. The maximum atomic E-state index is 6.16. The predicted molar refractivity (Wildman–Crippen MR) is 122 cm³/mol. The van der Waals surface area contributed by atoms with Crippen LogP contribution in [-0.2, 0) is 22.6 Å². The molecule has 2 aliphatic rings. The van der Waals surface area contributed by atoms with E-state index in [0.717, 1.165) is 64.6 Å². The minimum Gasteiger partial charge on any atom is -0.376 e. The van der Waals surface area contributed by atoms with E-state index < -0.39 is 0 Å². The average molecular weight is 426 g/mol. The Labute approximate surface area is 185 Å². The fourth-order valence-corrected chi connectivity index (χ4v) is 4.38. The van der Waals surface area contributed by atoms with Crippen LogP contribution in [0.4, 0.5) is 0 Å². The second-order valence-corrected chi connectivity index (χ2v) is 8.38. The number of benzene rings is 1. The number of aromatic nitrogens is 2. The number of nitrogens with zero attached hydrogens (tertiary/aromatic N) is 4. The highest BCUT2D eigenvalue weighted by atomic mass is 16.5. The normalized spacial score (nSPS) is 20.7. The molecule has 1 aromatic heterocycles. The molecule has 2 aliphatic heterocycles. The summed E-state index contributed by atoms with van der Waals surface area (Å²) in [6.45, 7) is 5.08. The lowest BCUT2D eigenvalue weighted by Gasteiger charge is -2.35. The number of rotatable bonds is 7. The Balaban J connectivity index is 1.24. The van der Waals surface area contributed by atoms with Gasteiger partial charge < -0.3 is 19.7 Å². The van der Waals surface area contributed by atoms with Crippen molar-refractivity contribution in [3.05, 3.63) is 53.9 Å². The summed E-state index contributed by atoms with van der Waals surface area (Å²) in [6, 6.07) is 10.5. The van der Waals surface area contributed by atoms with Gasteiger partial charge in [-0.3, -0.25) is 9.67 Å². The highest BCUT2D eigenvalue weighted by Gasteiger charge is 2.23. The van der Waals surface area contributed by atoms with Crippen LogP contribution in [0.15, 0.2) is 47.7 Å². The maximum absolute atomic E-state index is 6.16. The average Bonchev–Trinajstić information content (AvgIpc) is 3.34. The molecule has 0 aliphatic carbocycles. The number of aliphatic imine (C=N–C) groups is 1. The van der Waals surface area contributed by atoms with Crippen LogP contribution >= 0.6 is 0 Å². The number of guanidine groups is 1. The first-order chi connectivity index (χ1) is 15.3. The third kappa shape index (κ3) is 6.31. The lowest BCUT2D eigenvalue weighted by atomic mass is 10.1. The Kier molecular flexibility index (Phi) is 7.96. The third-order valence-electron chi connectivity index (χ3n) is 6.19. The van der Waals surface area contributed by atoms with Gasteiger partial charge >= 0.3 is 0 Å². The first kappa shape index (κ1) is 21.8. The molecule has 7 nitrogen and oxygen atoms in total. The fourth-order valence-electron chi connectivity index (χ4n) is 4.38. The molecule has 0 radical (unpaired) electrons. The van der Waals surface area contributed by atoms with Gasteiger partial charge in [0.25, 0.3) is 0 Å². The summed E-state index contributed by atoms with van der Waals surface area (Å²) >= 11 is 0. The summed E-state index contributed by atoms with van der Waals surface area (Å²) in [5.74, 6) is 0.961. The molecule has 7 heteroatoms. The molecule has 1 atom stereocenters. The molecule has 1 unspecified atom stereocenters. The molecule has 0 spiro atoms. The van der Waals surface area contributed by atoms with Crippen LogP contribution in [-0.4, -0.2) is 66.2 Å². The topological polar surface area (TPSA) is 63.9 Å². The standard InChI is InChI=1S/C24H35N5O2/c1-25-24(26-17-20-7-2-3-8-21(20)18-29-13-6-12-27-29)28-14-10-22(11-15-28)31-19-23-9-4-5-16-30-23/h2-3,6-8,12-13,22-23H,4-5,9-11,14-19H2,1H3,(H,25,26). The van der Waals surface area contributed by atoms with Crippen molar-refractivity contribution in [2.45, 2.75) is 57.4 Å². The van der Waals surface area contributed by atoms with Gasteiger partial charge in [0.2, 0.25) is 0 Å². The third-order valence-corrected chi connectivity index (χ3v) is 6.19. The molecule has 0 amide bonds. The zero-order chi connectivity index (χ0) is 21.3. The Morgan fingerprint density at radius 3 is 2.71 bits per heavy atom. The van der Waals surface area contributed by atoms with E-state index in [1.165, 1.54) is 24.0 Å². The minimum atomic E-state index is 0.294. The van der Waals surface area contributed by atoms with Crippen molar-refractivity contribution in [2.75, 3.05) is 33.4 Å². The lowest BCUT2D eigenvalue weighted by molar-refractivity contribution is -0.0721. The largest absolute Gasteiger partial charge is 0.376 e. The van der Waals surface area contributed by atoms with Gasteiger partial charge in [-0.1, -0.05) is 24.3 Å². The summed E-state index contributed by atoms with van der Waals surface area (Å²) in [7, 11) is 1.86. The Morgan fingerprint density at radius 2 is 2.00 bits per heavy atom. The number of likely N-dealkylation sites (tertiary alicyclic amines) is 1. The van der Waals surface area contributed by atoms with Crippen molar-refractivity contribution < 1.29 is 9.47 Å². The van der Waals surface area contributed by atoms with Crippen LogP contribution in [0.5, 0.6) is 0 Å². The van der Waals surface area contributed by atoms with Crippen LogP contribution in [0.25, 0.3) is 0 Å². The first-order valence-electron chi connectivity index (χ1n) is 11.5. The number of hydrogen-bond donors (Lipinski definition) is 1. The van der Waals surface area contributed by atoms with Crippen LogP contribution in [0.1, 0.15) is 43.2 Å². The van der Waals surface area contributed by atoms with E-state index in [1.54, 1.807) is 0 Å². The van der Waals surface area contributed by atoms with E-state index in [4.69, 9.17) is 9.47 Å². The van der Waals surface area contributed by atoms with Gasteiger partial charge in [0.05, 0.1) is 25.4 Å². The van der Waals surface area contributed by atoms with Crippen LogP contribution in [0.2, 0.25) is 0 Å². The predicted octanol–water partition coefficient (Wildman–Crippen LogP) is 3.06. The monoisotopic (exact) mass is 425 g/mol. The van der Waals surface area contributed by atoms with Gasteiger partial charge in [0.15, 0.2) is 5.96 Å². The van der Waals surface area contributed by atoms with E-state index >= 15 is 0 Å². The molecular formula is C24H35N5O2. The van der Waals surface area contributed by atoms with Crippen molar-refractivity contribution in [2.24, 2.45) is 4.99 Å². The Bertz CT molecular complexity index is 809. The summed E-state index contributed by atoms with van der Waals surface area (Å²) in [4.78, 5) is 6.87. The fraction of sp³-hybridized carbons (Fsp3) is 0.583. The molecule has 4 rings (SSSR count). The molecule has 0 saturated carbocycles. The van der Waals surface area contributed by atoms with E-state index in [0.29, 0.717) is 12.2 Å². The Morgan fingerprint density at radius 1 is 1.16 bits per heavy atom. The highest BCUT2D eigenvalue weighted by molar-refractivity contribution is 5.80. The van der Waals surface area contributed by atoms with Crippen LogP contribution in [0, 0.1) is 0 Å². The van der Waals surface area contributed by atoms with Gasteiger partial charge in [-0.25, -0.2) is 0 Å². The molecule has 3 heterocycles. The van der Waals surface area contributed by atoms with Gasteiger partial charge in [0, 0.05) is 45.7 Å². The molecule has 1 aromatic carbocycles. The van der Waals surface area contributed by atoms with Crippen LogP contribution in [0.3, 0.4) is 0 Å². The van der Waals surface area contributed by atoms with E-state index in [9.17, 15) is 0 Å². The molecule has 2 aromatic rings. The molecular weight excluding hydrogens is 390 g/mol. The van der Waals surface area contributed by atoms with E-state index in [-0.39, 0.29) is 0 Å². The molecule has 2 saturated heterocycles. The van der Waals surface area contributed by atoms with E-state index in [2.05, 4.69) is 44.6 Å². The summed E-state index contributed by atoms with van der Waals surface area (Å²) in [6.07, 6.45) is 10.1. The second kappa shape index (κ2) is 11.3. The quantitative estimate of drug-likeness (QED) is 0.546. The summed E-state index contributed by atoms with van der Waals surface area (Å²) < 4.78 is 13.9. The maximum Gasteiger partial charge on any atom is 0.193 e. The van der Waals surface area contributed by atoms with Gasteiger partial charge in [-0.2, -0.15) is 5.10 Å². The number of nitrogens with one attached hydrogen (secondary N) is 1. The molecule has 31 heavy (non-hydrogen) atoms. The summed E-state index contributed by atoms with van der Waals surface area (Å²) in [5, 5.41) is 7.89. The second-order valence-electron chi connectivity index (χ2n) is 8.38.